The fourth-order valence-corrected chi connectivity index (χ4v) is 1.31. The molecule has 1 heterocycles. The predicted molar refractivity (Wildman–Crippen MR) is 42.4 cm³/mol. The van der Waals surface area contributed by atoms with Crippen LogP contribution >= 0.6 is 11.3 Å². The summed E-state index contributed by atoms with van der Waals surface area (Å²) in [5.74, 6) is -0.0643. The van der Waals surface area contributed by atoms with Gasteiger partial charge in [0.1, 0.15) is 4.88 Å². The summed E-state index contributed by atoms with van der Waals surface area (Å²) in [6, 6.07) is 0. The first-order valence-corrected chi connectivity index (χ1v) is 3.70. The Labute approximate surface area is 64.6 Å². The summed E-state index contributed by atoms with van der Waals surface area (Å²) in [4.78, 5) is 15.5. The molecule has 0 fully saturated rings. The average Bonchev–Trinajstić information content (AvgIpc) is 2.34. The van der Waals surface area contributed by atoms with Crippen LogP contribution in [0.15, 0.2) is 6.20 Å². The molecule has 0 unspecified atom stereocenters. The number of nitrogens with one attached hydrogen (secondary N) is 1. The minimum absolute atomic E-state index is 0. The van der Waals surface area contributed by atoms with Crippen LogP contribution < -0.4 is 5.32 Å². The average molecular weight is 158 g/mol. The first kappa shape index (κ1) is 7.21. The van der Waals surface area contributed by atoms with Gasteiger partial charge in [-0.25, -0.2) is 4.98 Å². The lowest BCUT2D eigenvalue weighted by atomic mass is 10.5. The van der Waals surface area contributed by atoms with Crippen LogP contribution in [0.5, 0.6) is 0 Å². The van der Waals surface area contributed by atoms with Crippen LogP contribution in [-0.2, 0) is 0 Å². The van der Waals surface area contributed by atoms with Crippen molar-refractivity contribution in [1.82, 2.24) is 10.3 Å². The number of aryl methyl sites for hydroxylation is 1. The number of aromatic nitrogens is 1. The zero-order chi connectivity index (χ0) is 7.56. The highest BCUT2D eigenvalue weighted by Crippen LogP contribution is 2.10. The third kappa shape index (κ3) is 1.33. The van der Waals surface area contributed by atoms with Crippen molar-refractivity contribution in [3.05, 3.63) is 16.1 Å². The predicted octanol–water partition coefficient (Wildman–Crippen LogP) is 1.06. The highest BCUT2D eigenvalue weighted by molar-refractivity contribution is 7.13. The van der Waals surface area contributed by atoms with E-state index in [1.807, 2.05) is 6.92 Å². The van der Waals surface area contributed by atoms with E-state index < -0.39 is 0 Å². The summed E-state index contributed by atoms with van der Waals surface area (Å²) in [7, 11) is 1.61. The SMILES string of the molecule is CNC(=O)c1cnc(C)s1.[HH]. The van der Waals surface area contributed by atoms with Crippen LogP contribution in [0.25, 0.3) is 0 Å². The zero-order valence-corrected chi connectivity index (χ0v) is 6.66. The van der Waals surface area contributed by atoms with Crippen molar-refractivity contribution in [1.29, 1.82) is 0 Å². The molecule has 0 bridgehead atoms. The third-order valence-electron chi connectivity index (χ3n) is 1.07. The minimum Gasteiger partial charge on any atom is -0.354 e. The van der Waals surface area contributed by atoms with Gasteiger partial charge in [-0.05, 0) is 6.92 Å². The summed E-state index contributed by atoms with van der Waals surface area (Å²) in [6.45, 7) is 1.87. The van der Waals surface area contributed by atoms with E-state index in [1.54, 1.807) is 13.2 Å². The van der Waals surface area contributed by atoms with Crippen molar-refractivity contribution in [2.45, 2.75) is 6.92 Å². The Bertz CT molecular complexity index is 248. The summed E-state index contributed by atoms with van der Waals surface area (Å²) < 4.78 is 0. The van der Waals surface area contributed by atoms with Gasteiger partial charge in [0.15, 0.2) is 0 Å². The molecular weight excluding hydrogens is 148 g/mol. The second-order valence-corrected chi connectivity index (χ2v) is 3.06. The van der Waals surface area contributed by atoms with Gasteiger partial charge in [0.25, 0.3) is 5.91 Å². The number of carbonyl (C=O) groups is 1. The largest absolute Gasteiger partial charge is 0.354 e. The van der Waals surface area contributed by atoms with Gasteiger partial charge >= 0.3 is 0 Å². The van der Waals surface area contributed by atoms with Gasteiger partial charge in [0, 0.05) is 8.47 Å². The van der Waals surface area contributed by atoms with E-state index in [2.05, 4.69) is 10.3 Å². The Balaban J connectivity index is 0.000001000. The third-order valence-corrected chi connectivity index (χ3v) is 1.98. The number of carbonyl (C=O) groups excluding carboxylic acids is 1. The molecule has 10 heavy (non-hydrogen) atoms. The van der Waals surface area contributed by atoms with E-state index in [9.17, 15) is 4.79 Å². The Morgan fingerprint density at radius 1 is 1.90 bits per heavy atom. The van der Waals surface area contributed by atoms with Crippen LogP contribution in [0.4, 0.5) is 0 Å². The summed E-state index contributed by atoms with van der Waals surface area (Å²) in [6.07, 6.45) is 1.58. The second-order valence-electron chi connectivity index (χ2n) is 1.82. The maximum absolute atomic E-state index is 10.9. The number of hydrogen-bond acceptors (Lipinski definition) is 3. The number of amides is 1. The molecule has 0 radical (unpaired) electrons. The van der Waals surface area contributed by atoms with Gasteiger partial charge in [0.2, 0.25) is 0 Å². The molecule has 56 valence electrons. The van der Waals surface area contributed by atoms with Crippen molar-refractivity contribution in [2.75, 3.05) is 7.05 Å². The van der Waals surface area contributed by atoms with Crippen molar-refractivity contribution < 1.29 is 6.22 Å². The Morgan fingerprint density at radius 2 is 2.60 bits per heavy atom. The van der Waals surface area contributed by atoms with E-state index >= 15 is 0 Å². The van der Waals surface area contributed by atoms with Crippen molar-refractivity contribution in [3.8, 4) is 0 Å². The quantitative estimate of drug-likeness (QED) is 0.664. The fraction of sp³-hybridized carbons (Fsp3) is 0.333. The maximum atomic E-state index is 10.9. The molecule has 0 aliphatic heterocycles. The van der Waals surface area contributed by atoms with Crippen LogP contribution in [0.2, 0.25) is 0 Å². The molecule has 0 saturated carbocycles. The van der Waals surface area contributed by atoms with Gasteiger partial charge in [0.05, 0.1) is 11.2 Å². The standard InChI is InChI=1S/C6H8N2OS.H2/c1-4-8-3-5(10-4)6(9)7-2;/h3H,1-2H3,(H,7,9);1H. The highest BCUT2D eigenvalue weighted by Gasteiger charge is 2.04. The van der Waals surface area contributed by atoms with Crippen molar-refractivity contribution in [3.63, 3.8) is 0 Å². The second kappa shape index (κ2) is 2.79. The molecule has 3 nitrogen and oxygen atoms in total. The summed E-state index contributed by atoms with van der Waals surface area (Å²) in [5, 5.41) is 3.44. The van der Waals surface area contributed by atoms with E-state index in [0.717, 1.165) is 5.01 Å². The molecule has 1 aromatic rings. The fourth-order valence-electron chi connectivity index (χ4n) is 0.590. The van der Waals surface area contributed by atoms with Gasteiger partial charge in [-0.15, -0.1) is 11.3 Å². The van der Waals surface area contributed by atoms with Crippen molar-refractivity contribution >= 4 is 17.2 Å². The van der Waals surface area contributed by atoms with E-state index in [-0.39, 0.29) is 7.33 Å². The smallest absolute Gasteiger partial charge is 0.262 e. The number of hydrogen-bond donors (Lipinski definition) is 1. The van der Waals surface area contributed by atoms with Crippen LogP contribution in [0, 0.1) is 6.92 Å². The lowest BCUT2D eigenvalue weighted by Crippen LogP contribution is -2.16. The van der Waals surface area contributed by atoms with Crippen molar-refractivity contribution in [2.24, 2.45) is 0 Å². The number of rotatable bonds is 1. The Kier molecular flexibility index (Phi) is 2.01. The van der Waals surface area contributed by atoms with Gasteiger partial charge < -0.3 is 5.32 Å². The summed E-state index contributed by atoms with van der Waals surface area (Å²) in [5.41, 5.74) is 0. The van der Waals surface area contributed by atoms with Crippen LogP contribution in [-0.4, -0.2) is 17.9 Å². The van der Waals surface area contributed by atoms with E-state index in [0.29, 0.717) is 4.88 Å². The van der Waals surface area contributed by atoms with Gasteiger partial charge in [-0.3, -0.25) is 4.79 Å². The van der Waals surface area contributed by atoms with Gasteiger partial charge in [-0.2, -0.15) is 0 Å². The minimum atomic E-state index is -0.0643. The molecule has 0 aliphatic carbocycles. The highest BCUT2D eigenvalue weighted by atomic mass is 32.1. The molecule has 1 N–H and O–H groups in total. The topological polar surface area (TPSA) is 42.0 Å². The monoisotopic (exact) mass is 158 g/mol. The molecule has 0 atom stereocenters. The molecule has 1 amide bonds. The van der Waals surface area contributed by atoms with Crippen LogP contribution in [0.1, 0.15) is 16.1 Å². The Hall–Kier alpha value is -0.900. The number of thiazole rings is 1. The molecule has 0 aromatic carbocycles. The lowest BCUT2D eigenvalue weighted by molar-refractivity contribution is 0.0967. The first-order chi connectivity index (χ1) is 4.74. The molecular formula is C6H10N2OS. The molecule has 1 rings (SSSR count). The molecule has 4 heteroatoms. The zero-order valence-electron chi connectivity index (χ0n) is 5.84. The lowest BCUT2D eigenvalue weighted by Gasteiger charge is -1.89. The molecule has 1 aromatic heterocycles. The number of nitrogens with zero attached hydrogens (tertiary/aromatic N) is 1. The van der Waals surface area contributed by atoms with E-state index in [4.69, 9.17) is 0 Å². The van der Waals surface area contributed by atoms with Gasteiger partial charge in [-0.1, -0.05) is 0 Å². The first-order valence-electron chi connectivity index (χ1n) is 2.88. The normalized spacial score (nSPS) is 9.40. The molecule has 0 saturated heterocycles. The summed E-state index contributed by atoms with van der Waals surface area (Å²) >= 11 is 1.40. The van der Waals surface area contributed by atoms with E-state index in [1.165, 1.54) is 11.3 Å². The van der Waals surface area contributed by atoms with Crippen LogP contribution in [0.3, 0.4) is 0 Å². The molecule has 0 aliphatic rings. The Morgan fingerprint density at radius 3 is 3.00 bits per heavy atom. The maximum Gasteiger partial charge on any atom is 0.262 e. The molecule has 0 spiro atoms.